The Kier molecular flexibility index (Phi) is 4.30. The number of thiazole rings is 1. The molecule has 24 heavy (non-hydrogen) atoms. The lowest BCUT2D eigenvalue weighted by Crippen LogP contribution is -2.30. The van der Waals surface area contributed by atoms with E-state index in [9.17, 15) is 9.59 Å². The smallest absolute Gasteiger partial charge is 0.231 e. The molecule has 1 saturated heterocycles. The first kappa shape index (κ1) is 16.0. The number of fused-ring (bicyclic) bond motifs is 1. The Morgan fingerprint density at radius 3 is 3.00 bits per heavy atom. The molecule has 3 aliphatic rings. The quantitative estimate of drug-likeness (QED) is 0.880. The minimum atomic E-state index is -0.232. The molecular formula is C17H24N4O2S. The summed E-state index contributed by atoms with van der Waals surface area (Å²) in [4.78, 5) is 34.7. The van der Waals surface area contributed by atoms with Crippen molar-refractivity contribution in [2.24, 2.45) is 11.8 Å². The van der Waals surface area contributed by atoms with E-state index in [1.165, 1.54) is 17.7 Å². The molecule has 1 saturated carbocycles. The van der Waals surface area contributed by atoms with Gasteiger partial charge in [0.2, 0.25) is 11.8 Å². The van der Waals surface area contributed by atoms with E-state index in [2.05, 4.69) is 22.1 Å². The van der Waals surface area contributed by atoms with Crippen LogP contribution in [0.3, 0.4) is 0 Å². The lowest BCUT2D eigenvalue weighted by molar-refractivity contribution is -0.128. The van der Waals surface area contributed by atoms with E-state index in [1.807, 2.05) is 4.90 Å². The van der Waals surface area contributed by atoms with E-state index < -0.39 is 0 Å². The largest absolute Gasteiger partial charge is 0.342 e. The highest BCUT2D eigenvalue weighted by molar-refractivity contribution is 7.15. The average molecular weight is 348 g/mol. The molecule has 1 aromatic heterocycles. The standard InChI is InChI=1S/C17H24N4O2S/c1-2-20-6-5-13-14(10-20)24-17(18-13)19-16(23)12-7-15(22)21(9-12)8-11-3-4-11/h11-12H,2-10H2,1H3,(H,18,19,23). The van der Waals surface area contributed by atoms with Crippen LogP contribution in [0.2, 0.25) is 0 Å². The molecule has 0 spiro atoms. The second-order valence-corrected chi connectivity index (χ2v) is 8.22. The minimum absolute atomic E-state index is 0.0555. The Morgan fingerprint density at radius 2 is 2.25 bits per heavy atom. The number of rotatable bonds is 5. The molecule has 1 unspecified atom stereocenters. The first-order valence-electron chi connectivity index (χ1n) is 8.92. The number of likely N-dealkylation sites (tertiary alicyclic amines) is 1. The summed E-state index contributed by atoms with van der Waals surface area (Å²) < 4.78 is 0. The van der Waals surface area contributed by atoms with Crippen molar-refractivity contribution in [3.05, 3.63) is 10.6 Å². The number of hydrogen-bond acceptors (Lipinski definition) is 5. The van der Waals surface area contributed by atoms with Gasteiger partial charge in [-0.15, -0.1) is 11.3 Å². The second kappa shape index (κ2) is 6.44. The van der Waals surface area contributed by atoms with E-state index >= 15 is 0 Å². The highest BCUT2D eigenvalue weighted by Crippen LogP contribution is 2.33. The predicted octanol–water partition coefficient (Wildman–Crippen LogP) is 1.72. The van der Waals surface area contributed by atoms with Gasteiger partial charge in [0.15, 0.2) is 5.13 Å². The fourth-order valence-electron chi connectivity index (χ4n) is 3.52. The molecule has 4 rings (SSSR count). The van der Waals surface area contributed by atoms with Gasteiger partial charge in [-0.3, -0.25) is 14.5 Å². The molecule has 1 aromatic rings. The van der Waals surface area contributed by atoms with Gasteiger partial charge >= 0.3 is 0 Å². The van der Waals surface area contributed by atoms with Crippen molar-refractivity contribution in [2.45, 2.75) is 39.2 Å². The van der Waals surface area contributed by atoms with Crippen LogP contribution in [-0.2, 0) is 22.6 Å². The maximum Gasteiger partial charge on any atom is 0.231 e. The zero-order valence-corrected chi connectivity index (χ0v) is 14.9. The van der Waals surface area contributed by atoms with Crippen molar-refractivity contribution >= 4 is 28.3 Å². The number of aromatic nitrogens is 1. The van der Waals surface area contributed by atoms with Gasteiger partial charge in [0.1, 0.15) is 0 Å². The first-order chi connectivity index (χ1) is 11.6. The van der Waals surface area contributed by atoms with E-state index in [0.717, 1.165) is 38.3 Å². The maximum absolute atomic E-state index is 12.5. The van der Waals surface area contributed by atoms with E-state index in [0.29, 0.717) is 24.0 Å². The summed E-state index contributed by atoms with van der Waals surface area (Å²) in [6.07, 6.45) is 3.74. The van der Waals surface area contributed by atoms with Gasteiger partial charge in [0.05, 0.1) is 11.6 Å². The molecule has 130 valence electrons. The number of carbonyl (C=O) groups excluding carboxylic acids is 2. The summed E-state index contributed by atoms with van der Waals surface area (Å²) in [6.45, 7) is 6.57. The van der Waals surface area contributed by atoms with Gasteiger partial charge in [-0.05, 0) is 25.3 Å². The third-order valence-corrected chi connectivity index (χ3v) is 6.25. The van der Waals surface area contributed by atoms with Crippen molar-refractivity contribution in [3.8, 4) is 0 Å². The van der Waals surface area contributed by atoms with Crippen LogP contribution < -0.4 is 5.32 Å². The Morgan fingerprint density at radius 1 is 1.42 bits per heavy atom. The molecule has 1 atom stereocenters. The Labute approximate surface area is 146 Å². The third-order valence-electron chi connectivity index (χ3n) is 5.25. The third kappa shape index (κ3) is 3.32. The van der Waals surface area contributed by atoms with Crippen LogP contribution in [0.1, 0.15) is 36.8 Å². The Hall–Kier alpha value is -1.47. The maximum atomic E-state index is 12.5. The van der Waals surface area contributed by atoms with Gasteiger partial charge in [-0.2, -0.15) is 0 Å². The molecular weight excluding hydrogens is 324 g/mol. The zero-order valence-electron chi connectivity index (χ0n) is 14.1. The zero-order chi connectivity index (χ0) is 16.7. The van der Waals surface area contributed by atoms with Crippen LogP contribution in [0.5, 0.6) is 0 Å². The fraction of sp³-hybridized carbons (Fsp3) is 0.706. The molecule has 0 bridgehead atoms. The number of carbonyl (C=O) groups is 2. The lowest BCUT2D eigenvalue weighted by atomic mass is 10.1. The molecule has 0 radical (unpaired) electrons. The molecule has 1 aliphatic carbocycles. The number of amides is 2. The average Bonchev–Trinajstić information content (AvgIpc) is 3.18. The van der Waals surface area contributed by atoms with Crippen molar-refractivity contribution in [3.63, 3.8) is 0 Å². The predicted molar refractivity (Wildman–Crippen MR) is 92.8 cm³/mol. The molecule has 1 N–H and O–H groups in total. The van der Waals surface area contributed by atoms with Gasteiger partial charge in [-0.25, -0.2) is 4.98 Å². The molecule has 3 heterocycles. The normalized spacial score (nSPS) is 24.3. The number of hydrogen-bond donors (Lipinski definition) is 1. The molecule has 6 nitrogen and oxygen atoms in total. The van der Waals surface area contributed by atoms with Gasteiger partial charge in [0, 0.05) is 43.9 Å². The van der Waals surface area contributed by atoms with Crippen LogP contribution in [0.25, 0.3) is 0 Å². The molecule has 2 aliphatic heterocycles. The topological polar surface area (TPSA) is 65.5 Å². The van der Waals surface area contributed by atoms with Crippen LogP contribution in [-0.4, -0.2) is 52.8 Å². The monoisotopic (exact) mass is 348 g/mol. The Balaban J connectivity index is 1.36. The van der Waals surface area contributed by atoms with Crippen molar-refractivity contribution < 1.29 is 9.59 Å². The lowest BCUT2D eigenvalue weighted by Gasteiger charge is -2.23. The highest BCUT2D eigenvalue weighted by atomic mass is 32.1. The molecule has 2 fully saturated rings. The minimum Gasteiger partial charge on any atom is -0.342 e. The number of anilines is 1. The van der Waals surface area contributed by atoms with Crippen molar-refractivity contribution in [1.82, 2.24) is 14.8 Å². The number of nitrogens with one attached hydrogen (secondary N) is 1. The van der Waals surface area contributed by atoms with Crippen molar-refractivity contribution in [1.29, 1.82) is 0 Å². The molecule has 2 amide bonds. The first-order valence-corrected chi connectivity index (χ1v) is 9.73. The van der Waals surface area contributed by atoms with Crippen LogP contribution in [0.15, 0.2) is 0 Å². The summed E-state index contributed by atoms with van der Waals surface area (Å²) >= 11 is 1.58. The Bertz CT molecular complexity index is 655. The SMILES string of the molecule is CCN1CCc2nc(NC(=O)C3CC(=O)N(CC4CC4)C3)sc2C1. The second-order valence-electron chi connectivity index (χ2n) is 7.14. The summed E-state index contributed by atoms with van der Waals surface area (Å²) in [6, 6.07) is 0. The van der Waals surface area contributed by atoms with Gasteiger partial charge in [0.25, 0.3) is 0 Å². The van der Waals surface area contributed by atoms with E-state index in [4.69, 9.17) is 0 Å². The molecule has 0 aromatic carbocycles. The highest BCUT2D eigenvalue weighted by Gasteiger charge is 2.37. The summed E-state index contributed by atoms with van der Waals surface area (Å²) in [5.41, 5.74) is 1.12. The van der Waals surface area contributed by atoms with Crippen LogP contribution in [0.4, 0.5) is 5.13 Å². The van der Waals surface area contributed by atoms with Crippen molar-refractivity contribution in [2.75, 3.05) is 31.5 Å². The van der Waals surface area contributed by atoms with Crippen LogP contribution in [0, 0.1) is 11.8 Å². The molecule has 7 heteroatoms. The summed E-state index contributed by atoms with van der Waals surface area (Å²) in [7, 11) is 0. The van der Waals surface area contributed by atoms with Crippen LogP contribution >= 0.6 is 11.3 Å². The summed E-state index contributed by atoms with van der Waals surface area (Å²) in [5.74, 6) is 0.506. The fourth-order valence-corrected chi connectivity index (χ4v) is 4.57. The number of likely N-dealkylation sites (N-methyl/N-ethyl adjacent to an activating group) is 1. The van der Waals surface area contributed by atoms with Gasteiger partial charge < -0.3 is 10.2 Å². The summed E-state index contributed by atoms with van der Waals surface area (Å²) in [5, 5.41) is 3.65. The number of nitrogens with zero attached hydrogens (tertiary/aromatic N) is 3. The van der Waals surface area contributed by atoms with E-state index in [1.54, 1.807) is 11.3 Å². The van der Waals surface area contributed by atoms with Gasteiger partial charge in [-0.1, -0.05) is 6.92 Å². The van der Waals surface area contributed by atoms with E-state index in [-0.39, 0.29) is 17.7 Å².